The van der Waals surface area contributed by atoms with Gasteiger partial charge >= 0.3 is 5.97 Å². The molecule has 1 heterocycles. The van der Waals surface area contributed by atoms with Crippen molar-refractivity contribution < 1.29 is 27.5 Å². The Hall–Kier alpha value is -3.35. The Bertz CT molecular complexity index is 1030. The maximum absolute atomic E-state index is 14.1. The molecule has 2 aromatic carbocycles. The number of hydrogen-bond donors (Lipinski definition) is 0. The van der Waals surface area contributed by atoms with Crippen molar-refractivity contribution >= 4 is 11.9 Å². The second kappa shape index (κ2) is 8.98. The van der Waals surface area contributed by atoms with Gasteiger partial charge in [-0.1, -0.05) is 36.9 Å². The van der Waals surface area contributed by atoms with Crippen LogP contribution in [0.2, 0.25) is 0 Å². The number of benzene rings is 2. The summed E-state index contributed by atoms with van der Waals surface area (Å²) in [4.78, 5) is 26.9. The number of esters is 1. The zero-order valence-electron chi connectivity index (χ0n) is 16.3. The third-order valence-electron chi connectivity index (χ3n) is 4.99. The summed E-state index contributed by atoms with van der Waals surface area (Å²) in [6, 6.07) is 9.33. The fourth-order valence-electron chi connectivity index (χ4n) is 3.53. The second-order valence-electron chi connectivity index (χ2n) is 6.89. The minimum absolute atomic E-state index is 0.0225. The van der Waals surface area contributed by atoms with Gasteiger partial charge in [0.1, 0.15) is 12.4 Å². The van der Waals surface area contributed by atoms with Gasteiger partial charge in [-0.05, 0) is 30.7 Å². The van der Waals surface area contributed by atoms with Crippen LogP contribution in [0.4, 0.5) is 13.2 Å². The van der Waals surface area contributed by atoms with Gasteiger partial charge in [-0.25, -0.2) is 18.0 Å². The lowest BCUT2D eigenvalue weighted by atomic mass is 9.83. The molecule has 1 atom stereocenters. The molecule has 0 aliphatic carbocycles. The van der Waals surface area contributed by atoms with Gasteiger partial charge in [0, 0.05) is 23.6 Å². The van der Waals surface area contributed by atoms with E-state index in [4.69, 9.17) is 4.74 Å². The molecule has 7 heteroatoms. The first-order chi connectivity index (χ1) is 14.3. The lowest BCUT2D eigenvalue weighted by molar-refractivity contribution is -0.139. The van der Waals surface area contributed by atoms with Crippen LogP contribution < -0.4 is 0 Å². The van der Waals surface area contributed by atoms with Crippen LogP contribution in [0.1, 0.15) is 30.4 Å². The van der Waals surface area contributed by atoms with E-state index >= 15 is 0 Å². The zero-order chi connectivity index (χ0) is 21.8. The molecule has 156 valence electrons. The summed E-state index contributed by atoms with van der Waals surface area (Å²) in [5.41, 5.74) is 0.840. The summed E-state index contributed by atoms with van der Waals surface area (Å²) >= 11 is 0. The molecular weight excluding hydrogens is 395 g/mol. The van der Waals surface area contributed by atoms with Crippen molar-refractivity contribution in [2.24, 2.45) is 0 Å². The molecule has 30 heavy (non-hydrogen) atoms. The fraction of sp³-hybridized carbons (Fsp3) is 0.217. The van der Waals surface area contributed by atoms with E-state index in [2.05, 4.69) is 6.58 Å². The molecule has 1 unspecified atom stereocenters. The summed E-state index contributed by atoms with van der Waals surface area (Å²) < 4.78 is 46.7. The molecule has 0 fully saturated rings. The standard InChI is InChI=1S/C23H20F3NO3/c1-3-10-30-23(29)21-14(2)27(13-16-7-5-9-19(25)22(16)26)20(28)12-18(21)15-6-4-8-17(24)11-15/h3-9,11,18H,1,10,12-13H2,2H3. The quantitative estimate of drug-likeness (QED) is 0.511. The van der Waals surface area contributed by atoms with Crippen molar-refractivity contribution in [1.82, 2.24) is 4.90 Å². The molecular formula is C23H20F3NO3. The summed E-state index contributed by atoms with van der Waals surface area (Å²) in [5.74, 6) is -4.38. The molecule has 4 nitrogen and oxygen atoms in total. The van der Waals surface area contributed by atoms with Crippen LogP contribution in [-0.2, 0) is 20.9 Å². The predicted molar refractivity (Wildman–Crippen MR) is 105 cm³/mol. The minimum atomic E-state index is -1.05. The highest BCUT2D eigenvalue weighted by Crippen LogP contribution is 2.38. The van der Waals surface area contributed by atoms with Gasteiger partial charge in [0.15, 0.2) is 11.6 Å². The number of ether oxygens (including phenoxy) is 1. The number of halogens is 3. The van der Waals surface area contributed by atoms with Crippen LogP contribution in [0.25, 0.3) is 0 Å². The Labute approximate surface area is 172 Å². The van der Waals surface area contributed by atoms with Crippen LogP contribution in [0.5, 0.6) is 0 Å². The molecule has 0 aromatic heterocycles. The fourth-order valence-corrected chi connectivity index (χ4v) is 3.53. The number of allylic oxidation sites excluding steroid dienone is 1. The van der Waals surface area contributed by atoms with E-state index in [-0.39, 0.29) is 36.4 Å². The lowest BCUT2D eigenvalue weighted by Gasteiger charge is -2.34. The van der Waals surface area contributed by atoms with Gasteiger partial charge in [-0.15, -0.1) is 0 Å². The molecule has 0 saturated heterocycles. The summed E-state index contributed by atoms with van der Waals surface area (Å²) in [6.45, 7) is 4.74. The van der Waals surface area contributed by atoms with Crippen molar-refractivity contribution in [3.05, 3.63) is 95.0 Å². The Balaban J connectivity index is 2.05. The van der Waals surface area contributed by atoms with Gasteiger partial charge in [0.25, 0.3) is 0 Å². The van der Waals surface area contributed by atoms with Gasteiger partial charge in [-0.3, -0.25) is 4.79 Å². The molecule has 0 radical (unpaired) electrons. The molecule has 0 spiro atoms. The first-order valence-corrected chi connectivity index (χ1v) is 9.31. The average molecular weight is 415 g/mol. The first-order valence-electron chi connectivity index (χ1n) is 9.31. The van der Waals surface area contributed by atoms with Gasteiger partial charge < -0.3 is 9.64 Å². The van der Waals surface area contributed by atoms with E-state index in [0.29, 0.717) is 5.56 Å². The summed E-state index contributed by atoms with van der Waals surface area (Å²) in [7, 11) is 0. The molecule has 0 saturated carbocycles. The number of carbonyl (C=O) groups excluding carboxylic acids is 2. The second-order valence-corrected chi connectivity index (χ2v) is 6.89. The van der Waals surface area contributed by atoms with Crippen molar-refractivity contribution in [2.45, 2.75) is 25.8 Å². The van der Waals surface area contributed by atoms with Crippen molar-refractivity contribution in [3.63, 3.8) is 0 Å². The van der Waals surface area contributed by atoms with Crippen LogP contribution in [0, 0.1) is 17.5 Å². The van der Waals surface area contributed by atoms with Crippen LogP contribution in [0.15, 0.2) is 66.4 Å². The number of rotatable bonds is 6. The van der Waals surface area contributed by atoms with Gasteiger partial charge in [0.2, 0.25) is 5.91 Å². The molecule has 1 aliphatic rings. The smallest absolute Gasteiger partial charge is 0.336 e. The van der Waals surface area contributed by atoms with Crippen molar-refractivity contribution in [1.29, 1.82) is 0 Å². The SMILES string of the molecule is C=CCOC(=O)C1=C(C)N(Cc2cccc(F)c2F)C(=O)CC1c1cccc(F)c1. The Morgan fingerprint density at radius 2 is 1.97 bits per heavy atom. The van der Waals surface area contributed by atoms with E-state index in [1.165, 1.54) is 48.2 Å². The Kier molecular flexibility index (Phi) is 6.40. The molecule has 0 N–H and O–H groups in total. The molecule has 2 aromatic rings. The third-order valence-corrected chi connectivity index (χ3v) is 4.99. The average Bonchev–Trinajstić information content (AvgIpc) is 2.71. The number of carbonyl (C=O) groups is 2. The Morgan fingerprint density at radius 1 is 1.23 bits per heavy atom. The Morgan fingerprint density at radius 3 is 2.67 bits per heavy atom. The van der Waals surface area contributed by atoms with Crippen LogP contribution >= 0.6 is 0 Å². The highest BCUT2D eigenvalue weighted by molar-refractivity contribution is 5.95. The molecule has 3 rings (SSSR count). The van der Waals surface area contributed by atoms with E-state index in [1.54, 1.807) is 6.07 Å². The summed E-state index contributed by atoms with van der Waals surface area (Å²) in [5, 5.41) is 0. The molecule has 1 aliphatic heterocycles. The van der Waals surface area contributed by atoms with E-state index < -0.39 is 35.2 Å². The monoisotopic (exact) mass is 415 g/mol. The zero-order valence-corrected chi connectivity index (χ0v) is 16.3. The number of nitrogens with zero attached hydrogens (tertiary/aromatic N) is 1. The molecule has 0 bridgehead atoms. The van der Waals surface area contributed by atoms with E-state index in [9.17, 15) is 22.8 Å². The van der Waals surface area contributed by atoms with Crippen LogP contribution in [0.3, 0.4) is 0 Å². The molecule has 1 amide bonds. The van der Waals surface area contributed by atoms with Crippen LogP contribution in [-0.4, -0.2) is 23.4 Å². The third kappa shape index (κ3) is 4.30. The first kappa shape index (κ1) is 21.4. The topological polar surface area (TPSA) is 46.6 Å². The number of hydrogen-bond acceptors (Lipinski definition) is 3. The predicted octanol–water partition coefficient (Wildman–Crippen LogP) is 4.62. The maximum Gasteiger partial charge on any atom is 0.336 e. The normalized spacial score (nSPS) is 16.6. The van der Waals surface area contributed by atoms with E-state index in [0.717, 1.165) is 6.07 Å². The highest BCUT2D eigenvalue weighted by Gasteiger charge is 2.37. The van der Waals surface area contributed by atoms with Gasteiger partial charge in [0.05, 0.1) is 12.1 Å². The lowest BCUT2D eigenvalue weighted by Crippen LogP contribution is -2.38. The van der Waals surface area contributed by atoms with E-state index in [1.807, 2.05) is 0 Å². The maximum atomic E-state index is 14.1. The summed E-state index contributed by atoms with van der Waals surface area (Å²) in [6.07, 6.45) is 1.26. The van der Waals surface area contributed by atoms with Crippen molar-refractivity contribution in [2.75, 3.05) is 6.61 Å². The van der Waals surface area contributed by atoms with Gasteiger partial charge in [-0.2, -0.15) is 0 Å². The van der Waals surface area contributed by atoms with Crippen molar-refractivity contribution in [3.8, 4) is 0 Å². The largest absolute Gasteiger partial charge is 0.458 e. The highest BCUT2D eigenvalue weighted by atomic mass is 19.2. The number of amides is 1. The minimum Gasteiger partial charge on any atom is -0.458 e.